The average molecular weight is 433 g/mol. The molecule has 1 aromatic heterocycles. The lowest BCUT2D eigenvalue weighted by atomic mass is 10.1. The maximum atomic E-state index is 12.7. The van der Waals surface area contributed by atoms with Gasteiger partial charge in [-0.05, 0) is 46.9 Å². The molecular weight excluding hydrogens is 427 g/mol. The van der Waals surface area contributed by atoms with Crippen LogP contribution in [0.25, 0.3) is 11.3 Å². The minimum absolute atomic E-state index is 0.171. The van der Waals surface area contributed by atoms with E-state index in [1.165, 1.54) is 18.2 Å². The molecule has 0 bridgehead atoms. The van der Waals surface area contributed by atoms with Crippen molar-refractivity contribution in [1.29, 1.82) is 0 Å². The lowest BCUT2D eigenvalue weighted by molar-refractivity contribution is -0.274. The van der Waals surface area contributed by atoms with E-state index >= 15 is 0 Å². The maximum absolute atomic E-state index is 12.7. The topological polar surface area (TPSA) is 22.1 Å². The number of alkyl halides is 6. The molecule has 9 heteroatoms. The molecule has 22 heavy (non-hydrogen) atoms. The Hall–Kier alpha value is -1.52. The highest BCUT2D eigenvalue weighted by atomic mass is 127. The van der Waals surface area contributed by atoms with Crippen molar-refractivity contribution in [3.05, 3.63) is 45.7 Å². The summed E-state index contributed by atoms with van der Waals surface area (Å²) in [5, 5.41) is 0. The standard InChI is InChI=1S/C13H6F6INO/c14-12(15,16)10-6-5-8(20)11(21-10)7-3-1-2-4-9(7)22-13(17,18)19/h1-6H. The summed E-state index contributed by atoms with van der Waals surface area (Å²) < 4.78 is 79.4. The van der Waals surface area contributed by atoms with Gasteiger partial charge in [-0.2, -0.15) is 13.2 Å². The van der Waals surface area contributed by atoms with Gasteiger partial charge in [-0.3, -0.25) is 0 Å². The Morgan fingerprint density at radius 1 is 0.909 bits per heavy atom. The van der Waals surface area contributed by atoms with Gasteiger partial charge >= 0.3 is 12.5 Å². The summed E-state index contributed by atoms with van der Waals surface area (Å²) >= 11 is 1.70. The molecule has 0 aliphatic rings. The van der Waals surface area contributed by atoms with Gasteiger partial charge in [0.1, 0.15) is 11.4 Å². The first-order chi connectivity index (χ1) is 10.1. The zero-order chi connectivity index (χ0) is 16.5. The van der Waals surface area contributed by atoms with E-state index in [1.54, 1.807) is 22.6 Å². The minimum Gasteiger partial charge on any atom is -0.405 e. The molecule has 0 N–H and O–H groups in total. The molecule has 0 spiro atoms. The highest BCUT2D eigenvalue weighted by Crippen LogP contribution is 2.37. The van der Waals surface area contributed by atoms with Crippen molar-refractivity contribution in [3.63, 3.8) is 0 Å². The number of ether oxygens (including phenoxy) is 1. The van der Waals surface area contributed by atoms with Crippen LogP contribution >= 0.6 is 22.6 Å². The molecular formula is C13H6F6INO. The van der Waals surface area contributed by atoms with E-state index in [-0.39, 0.29) is 14.8 Å². The van der Waals surface area contributed by atoms with Crippen LogP contribution in [-0.4, -0.2) is 11.3 Å². The lowest BCUT2D eigenvalue weighted by Crippen LogP contribution is -2.18. The van der Waals surface area contributed by atoms with Crippen molar-refractivity contribution in [3.8, 4) is 17.0 Å². The first kappa shape index (κ1) is 16.8. The van der Waals surface area contributed by atoms with Gasteiger partial charge in [0, 0.05) is 9.13 Å². The van der Waals surface area contributed by atoms with E-state index in [2.05, 4.69) is 9.72 Å². The normalized spacial score (nSPS) is 12.3. The fourth-order valence-electron chi connectivity index (χ4n) is 1.66. The summed E-state index contributed by atoms with van der Waals surface area (Å²) in [4.78, 5) is 3.42. The number of hydrogen-bond donors (Lipinski definition) is 0. The molecule has 0 atom stereocenters. The van der Waals surface area contributed by atoms with Gasteiger partial charge in [-0.25, -0.2) is 4.98 Å². The van der Waals surface area contributed by atoms with Gasteiger partial charge in [-0.15, -0.1) is 13.2 Å². The largest absolute Gasteiger partial charge is 0.573 e. The summed E-state index contributed by atoms with van der Waals surface area (Å²) in [6.45, 7) is 0. The Kier molecular flexibility index (Phi) is 4.54. The van der Waals surface area contributed by atoms with Gasteiger partial charge in [0.2, 0.25) is 0 Å². The number of hydrogen-bond acceptors (Lipinski definition) is 2. The molecule has 0 aliphatic heterocycles. The highest BCUT2D eigenvalue weighted by Gasteiger charge is 2.35. The van der Waals surface area contributed by atoms with Crippen LogP contribution in [0.3, 0.4) is 0 Å². The molecule has 0 aliphatic carbocycles. The number of para-hydroxylation sites is 1. The number of benzene rings is 1. The number of rotatable bonds is 2. The molecule has 2 aromatic rings. The van der Waals surface area contributed by atoms with Crippen molar-refractivity contribution < 1.29 is 31.1 Å². The van der Waals surface area contributed by atoms with E-state index in [0.29, 0.717) is 0 Å². The predicted molar refractivity (Wildman–Crippen MR) is 74.1 cm³/mol. The third-order valence-electron chi connectivity index (χ3n) is 2.50. The van der Waals surface area contributed by atoms with Crippen molar-refractivity contribution in [2.75, 3.05) is 0 Å². The summed E-state index contributed by atoms with van der Waals surface area (Å²) in [5.41, 5.74) is -1.59. The third kappa shape index (κ3) is 4.02. The molecule has 0 fully saturated rings. The van der Waals surface area contributed by atoms with Crippen molar-refractivity contribution >= 4 is 22.6 Å². The Labute approximate surface area is 134 Å². The summed E-state index contributed by atoms with van der Waals surface area (Å²) in [6.07, 6.45) is -9.65. The molecule has 1 aromatic carbocycles. The van der Waals surface area contributed by atoms with Gasteiger partial charge < -0.3 is 4.74 Å². The van der Waals surface area contributed by atoms with Crippen molar-refractivity contribution in [2.45, 2.75) is 12.5 Å². The third-order valence-corrected chi connectivity index (χ3v) is 3.37. The highest BCUT2D eigenvalue weighted by molar-refractivity contribution is 14.1. The predicted octanol–water partition coefficient (Wildman–Crippen LogP) is 5.27. The van der Waals surface area contributed by atoms with E-state index in [1.807, 2.05) is 0 Å². The second-order valence-electron chi connectivity index (χ2n) is 4.07. The Balaban J connectivity index is 2.57. The number of nitrogens with zero attached hydrogens (tertiary/aromatic N) is 1. The maximum Gasteiger partial charge on any atom is 0.573 e. The summed E-state index contributed by atoms with van der Waals surface area (Å²) in [5.74, 6) is -0.611. The van der Waals surface area contributed by atoms with Crippen LogP contribution in [-0.2, 0) is 6.18 Å². The molecule has 118 valence electrons. The Morgan fingerprint density at radius 3 is 2.14 bits per heavy atom. The Bertz CT molecular complexity index is 683. The van der Waals surface area contributed by atoms with Crippen molar-refractivity contribution in [1.82, 2.24) is 4.98 Å². The second kappa shape index (κ2) is 5.94. The van der Waals surface area contributed by atoms with Crippen LogP contribution in [0.4, 0.5) is 26.3 Å². The summed E-state index contributed by atoms with van der Waals surface area (Å²) in [7, 11) is 0. The van der Waals surface area contributed by atoms with Crippen LogP contribution < -0.4 is 4.74 Å². The lowest BCUT2D eigenvalue weighted by Gasteiger charge is -2.15. The molecule has 0 saturated carbocycles. The Morgan fingerprint density at radius 2 is 1.55 bits per heavy atom. The SMILES string of the molecule is FC(F)(F)Oc1ccccc1-c1nc(C(F)(F)F)ccc1I. The molecule has 2 rings (SSSR count). The van der Waals surface area contributed by atoms with Gasteiger partial charge in [-0.1, -0.05) is 12.1 Å². The van der Waals surface area contributed by atoms with Crippen LogP contribution in [0, 0.1) is 3.57 Å². The smallest absolute Gasteiger partial charge is 0.405 e. The molecule has 0 unspecified atom stereocenters. The molecule has 0 amide bonds. The number of halogens is 7. The van der Waals surface area contributed by atoms with Crippen LogP contribution in [0.1, 0.15) is 5.69 Å². The van der Waals surface area contributed by atoms with Crippen LogP contribution in [0.15, 0.2) is 36.4 Å². The van der Waals surface area contributed by atoms with E-state index < -0.39 is 24.0 Å². The van der Waals surface area contributed by atoms with E-state index in [0.717, 1.165) is 18.2 Å². The molecule has 0 saturated heterocycles. The first-order valence-corrected chi connectivity index (χ1v) is 6.75. The second-order valence-corrected chi connectivity index (χ2v) is 5.23. The monoisotopic (exact) mass is 433 g/mol. The van der Waals surface area contributed by atoms with E-state index in [9.17, 15) is 26.3 Å². The minimum atomic E-state index is -4.96. The number of aromatic nitrogens is 1. The number of pyridine rings is 1. The van der Waals surface area contributed by atoms with Gasteiger partial charge in [0.05, 0.1) is 5.69 Å². The zero-order valence-electron chi connectivity index (χ0n) is 10.5. The first-order valence-electron chi connectivity index (χ1n) is 5.67. The fraction of sp³-hybridized carbons (Fsp3) is 0.154. The molecule has 1 heterocycles. The summed E-state index contributed by atoms with van der Waals surface area (Å²) in [6, 6.07) is 6.79. The zero-order valence-corrected chi connectivity index (χ0v) is 12.6. The van der Waals surface area contributed by atoms with Crippen LogP contribution in [0.5, 0.6) is 5.75 Å². The van der Waals surface area contributed by atoms with Gasteiger partial charge in [0.25, 0.3) is 0 Å². The van der Waals surface area contributed by atoms with Crippen molar-refractivity contribution in [2.24, 2.45) is 0 Å². The molecule has 0 radical (unpaired) electrons. The van der Waals surface area contributed by atoms with Gasteiger partial charge in [0.15, 0.2) is 0 Å². The molecule has 2 nitrogen and oxygen atoms in total. The fourth-order valence-corrected chi connectivity index (χ4v) is 2.26. The van der Waals surface area contributed by atoms with E-state index in [4.69, 9.17) is 0 Å². The average Bonchev–Trinajstić information content (AvgIpc) is 2.37. The van der Waals surface area contributed by atoms with Crippen LogP contribution in [0.2, 0.25) is 0 Å². The quantitative estimate of drug-likeness (QED) is 0.476.